The molecular weight excluding hydrogens is 140 g/mol. The molecule has 4 heteroatoms. The van der Waals surface area contributed by atoms with E-state index in [9.17, 15) is 0 Å². The second-order valence-corrected chi connectivity index (χ2v) is 2.17. The summed E-state index contributed by atoms with van der Waals surface area (Å²) in [5.74, 6) is 0. The summed E-state index contributed by atoms with van der Waals surface area (Å²) in [4.78, 5) is 0. The molecule has 0 fully saturated rings. The lowest BCUT2D eigenvalue weighted by molar-refractivity contribution is 1.02. The zero-order valence-corrected chi connectivity index (χ0v) is 6.73. The summed E-state index contributed by atoms with van der Waals surface area (Å²) in [6.07, 6.45) is 1.96. The van der Waals surface area contributed by atoms with Gasteiger partial charge in [0, 0.05) is 12.1 Å². The monoisotopic (exact) mass is 152 g/mol. The van der Waals surface area contributed by atoms with E-state index in [1.54, 1.807) is 19.9 Å². The van der Waals surface area contributed by atoms with Crippen molar-refractivity contribution in [1.82, 2.24) is 0 Å². The zero-order valence-electron chi connectivity index (χ0n) is 6.73. The van der Waals surface area contributed by atoms with Gasteiger partial charge in [-0.05, 0) is 13.8 Å². The lowest BCUT2D eigenvalue weighted by Gasteiger charge is -1.99. The van der Waals surface area contributed by atoms with E-state index in [4.69, 9.17) is 16.3 Å². The van der Waals surface area contributed by atoms with Crippen LogP contribution in [0.15, 0.2) is 16.9 Å². The minimum absolute atomic E-state index is 0.217. The number of rotatable bonds is 4. The quantitative estimate of drug-likeness (QED) is 0.408. The van der Waals surface area contributed by atoms with Gasteiger partial charge in [-0.3, -0.25) is 0 Å². The van der Waals surface area contributed by atoms with Crippen LogP contribution in [0.3, 0.4) is 0 Å². The number of hydrogen-bond donors (Lipinski definition) is 3. The van der Waals surface area contributed by atoms with E-state index >= 15 is 0 Å². The average molecular weight is 152 g/mol. The lowest BCUT2D eigenvalue weighted by Crippen LogP contribution is -2.07. The SMILES string of the molecule is C/C=C(/CC(=N)C(C)=N)N=N. The predicted octanol–water partition coefficient (Wildman–Crippen LogP) is 2.37. The molecule has 0 rings (SSSR count). The Bertz CT molecular complexity index is 214. The molecule has 60 valence electrons. The molecule has 0 aliphatic rings. The molecule has 0 amide bonds. The van der Waals surface area contributed by atoms with Crippen molar-refractivity contribution in [2.75, 3.05) is 0 Å². The molecule has 0 aliphatic carbocycles. The Morgan fingerprint density at radius 3 is 2.27 bits per heavy atom. The maximum absolute atomic E-state index is 7.27. The fraction of sp³-hybridized carbons (Fsp3) is 0.429. The van der Waals surface area contributed by atoms with E-state index in [1.165, 1.54) is 0 Å². The maximum Gasteiger partial charge on any atom is 0.0641 e. The summed E-state index contributed by atoms with van der Waals surface area (Å²) in [6.45, 7) is 3.32. The fourth-order valence-corrected chi connectivity index (χ4v) is 0.520. The molecule has 0 saturated carbocycles. The molecule has 0 spiro atoms. The molecule has 0 bridgehead atoms. The first-order valence-corrected chi connectivity index (χ1v) is 3.27. The third kappa shape index (κ3) is 3.40. The Hall–Kier alpha value is -1.32. The number of allylic oxidation sites excluding steroid dienone is 2. The summed E-state index contributed by atoms with van der Waals surface area (Å²) in [7, 11) is 0. The van der Waals surface area contributed by atoms with Crippen LogP contribution in [0.25, 0.3) is 0 Å². The van der Waals surface area contributed by atoms with Crippen LogP contribution in [0.2, 0.25) is 0 Å². The molecule has 0 aromatic carbocycles. The van der Waals surface area contributed by atoms with Gasteiger partial charge < -0.3 is 10.8 Å². The van der Waals surface area contributed by atoms with Crippen molar-refractivity contribution in [3.63, 3.8) is 0 Å². The topological polar surface area (TPSA) is 83.9 Å². The van der Waals surface area contributed by atoms with Crippen molar-refractivity contribution in [2.24, 2.45) is 5.11 Å². The number of nitrogens with zero attached hydrogens (tertiary/aromatic N) is 1. The molecule has 0 atom stereocenters. The average Bonchev–Trinajstić information content (AvgIpc) is 1.99. The highest BCUT2D eigenvalue weighted by Gasteiger charge is 2.01. The van der Waals surface area contributed by atoms with Gasteiger partial charge in [0.2, 0.25) is 0 Å². The van der Waals surface area contributed by atoms with Gasteiger partial charge in [-0.1, -0.05) is 6.08 Å². The van der Waals surface area contributed by atoms with Crippen molar-refractivity contribution in [3.8, 4) is 0 Å². The van der Waals surface area contributed by atoms with E-state index in [1.807, 2.05) is 0 Å². The highest BCUT2D eigenvalue weighted by Crippen LogP contribution is 2.03. The largest absolute Gasteiger partial charge is 0.304 e. The van der Waals surface area contributed by atoms with Crippen molar-refractivity contribution >= 4 is 11.4 Å². The van der Waals surface area contributed by atoms with Crippen LogP contribution in [-0.2, 0) is 0 Å². The minimum Gasteiger partial charge on any atom is -0.304 e. The second kappa shape index (κ2) is 4.49. The second-order valence-electron chi connectivity index (χ2n) is 2.17. The van der Waals surface area contributed by atoms with Gasteiger partial charge in [0.05, 0.1) is 11.4 Å². The van der Waals surface area contributed by atoms with Crippen molar-refractivity contribution in [3.05, 3.63) is 11.8 Å². The molecule has 0 radical (unpaired) electrons. The van der Waals surface area contributed by atoms with E-state index in [0.717, 1.165) is 0 Å². The predicted molar refractivity (Wildman–Crippen MR) is 44.6 cm³/mol. The van der Waals surface area contributed by atoms with Gasteiger partial charge in [0.1, 0.15) is 0 Å². The summed E-state index contributed by atoms with van der Waals surface area (Å²) in [5.41, 5.74) is 7.66. The molecule has 0 aromatic heterocycles. The molecule has 0 heterocycles. The maximum atomic E-state index is 7.27. The Morgan fingerprint density at radius 2 is 2.00 bits per heavy atom. The summed E-state index contributed by atoms with van der Waals surface area (Å²) in [5, 5.41) is 17.6. The van der Waals surface area contributed by atoms with Gasteiger partial charge in [-0.15, -0.1) is 0 Å². The van der Waals surface area contributed by atoms with E-state index in [-0.39, 0.29) is 17.8 Å². The first kappa shape index (κ1) is 9.68. The molecule has 0 aromatic rings. The minimum atomic E-state index is 0.217. The number of hydrogen-bond acceptors (Lipinski definition) is 4. The van der Waals surface area contributed by atoms with Gasteiger partial charge in [0.15, 0.2) is 0 Å². The van der Waals surface area contributed by atoms with E-state index < -0.39 is 0 Å². The van der Waals surface area contributed by atoms with Crippen molar-refractivity contribution < 1.29 is 0 Å². The highest BCUT2D eigenvalue weighted by atomic mass is 15.0. The zero-order chi connectivity index (χ0) is 8.85. The Balaban J connectivity index is 4.14. The first-order valence-electron chi connectivity index (χ1n) is 3.27. The van der Waals surface area contributed by atoms with Crippen molar-refractivity contribution in [1.29, 1.82) is 16.3 Å². The summed E-state index contributed by atoms with van der Waals surface area (Å²) in [6, 6.07) is 0. The Kier molecular flexibility index (Phi) is 3.95. The van der Waals surface area contributed by atoms with E-state index in [2.05, 4.69) is 5.11 Å². The van der Waals surface area contributed by atoms with E-state index in [0.29, 0.717) is 5.70 Å². The molecule has 0 saturated heterocycles. The van der Waals surface area contributed by atoms with Crippen LogP contribution < -0.4 is 0 Å². The Morgan fingerprint density at radius 1 is 1.45 bits per heavy atom. The fourth-order valence-electron chi connectivity index (χ4n) is 0.520. The molecule has 3 N–H and O–H groups in total. The first-order chi connectivity index (χ1) is 5.11. The Labute approximate surface area is 65.8 Å². The third-order valence-corrected chi connectivity index (χ3v) is 1.29. The van der Waals surface area contributed by atoms with Crippen LogP contribution in [0, 0.1) is 16.3 Å². The highest BCUT2D eigenvalue weighted by molar-refractivity contribution is 6.39. The third-order valence-electron chi connectivity index (χ3n) is 1.29. The van der Waals surface area contributed by atoms with Crippen LogP contribution in [0.1, 0.15) is 20.3 Å². The number of nitrogens with one attached hydrogen (secondary N) is 3. The van der Waals surface area contributed by atoms with Gasteiger partial charge in [0.25, 0.3) is 0 Å². The smallest absolute Gasteiger partial charge is 0.0641 e. The lowest BCUT2D eigenvalue weighted by atomic mass is 10.1. The van der Waals surface area contributed by atoms with Crippen LogP contribution in [0.5, 0.6) is 0 Å². The van der Waals surface area contributed by atoms with Crippen LogP contribution in [-0.4, -0.2) is 11.4 Å². The van der Waals surface area contributed by atoms with Gasteiger partial charge >= 0.3 is 0 Å². The molecule has 0 unspecified atom stereocenters. The van der Waals surface area contributed by atoms with Crippen LogP contribution in [0.4, 0.5) is 0 Å². The molecule has 0 aliphatic heterocycles. The van der Waals surface area contributed by atoms with Gasteiger partial charge in [-0.2, -0.15) is 5.11 Å². The van der Waals surface area contributed by atoms with Gasteiger partial charge in [-0.25, -0.2) is 5.53 Å². The summed E-state index contributed by atoms with van der Waals surface area (Å²) >= 11 is 0. The normalized spacial score (nSPS) is 10.9. The van der Waals surface area contributed by atoms with Crippen molar-refractivity contribution in [2.45, 2.75) is 20.3 Å². The molecular formula is C7H12N4. The van der Waals surface area contributed by atoms with Crippen LogP contribution >= 0.6 is 0 Å². The standard InChI is InChI=1S/C7H12N4/c1-3-6(11-10)4-7(9)5(2)8/h3,8-10H,4H2,1-2H3/b6-3-,8-5?,9-7?,11-10?. The molecule has 11 heavy (non-hydrogen) atoms. The molecule has 4 nitrogen and oxygen atoms in total. The summed E-state index contributed by atoms with van der Waals surface area (Å²) < 4.78 is 0.